The Bertz CT molecular complexity index is 885. The molecule has 2 aromatic carbocycles. The lowest BCUT2D eigenvalue weighted by atomic mass is 10.1. The second-order valence-corrected chi connectivity index (χ2v) is 7.28. The molecule has 0 unspecified atom stereocenters. The van der Waals surface area contributed by atoms with Gasteiger partial charge in [-0.1, -0.05) is 18.2 Å². The number of halogens is 1. The average molecular weight is 414 g/mol. The fourth-order valence-electron chi connectivity index (χ4n) is 3.58. The number of methoxy groups -OCH3 is 2. The van der Waals surface area contributed by atoms with Crippen molar-refractivity contribution >= 4 is 11.8 Å². The SMILES string of the molecule is COc1ccc(CC(=O)N2CCCN(C(=O)Cc3ccc(F)cc3)CC2)cc1OC. The van der Waals surface area contributed by atoms with Gasteiger partial charge in [-0.15, -0.1) is 0 Å². The first-order valence-electron chi connectivity index (χ1n) is 10.0. The monoisotopic (exact) mass is 414 g/mol. The second kappa shape index (κ2) is 10.1. The van der Waals surface area contributed by atoms with Crippen LogP contribution in [-0.4, -0.2) is 62.0 Å². The van der Waals surface area contributed by atoms with Crippen LogP contribution >= 0.6 is 0 Å². The van der Waals surface area contributed by atoms with Crippen molar-refractivity contribution < 1.29 is 23.5 Å². The topological polar surface area (TPSA) is 59.1 Å². The summed E-state index contributed by atoms with van der Waals surface area (Å²) in [5.41, 5.74) is 1.64. The van der Waals surface area contributed by atoms with Crippen LogP contribution < -0.4 is 9.47 Å². The number of hydrogen-bond donors (Lipinski definition) is 0. The van der Waals surface area contributed by atoms with E-state index >= 15 is 0 Å². The van der Waals surface area contributed by atoms with Crippen molar-refractivity contribution in [3.63, 3.8) is 0 Å². The molecule has 0 spiro atoms. The molecule has 3 rings (SSSR count). The molecular weight excluding hydrogens is 387 g/mol. The Morgan fingerprint density at radius 2 is 1.33 bits per heavy atom. The zero-order chi connectivity index (χ0) is 21.5. The van der Waals surface area contributed by atoms with E-state index in [0.717, 1.165) is 17.5 Å². The fraction of sp³-hybridized carbons (Fsp3) is 0.391. The lowest BCUT2D eigenvalue weighted by Crippen LogP contribution is -2.38. The summed E-state index contributed by atoms with van der Waals surface area (Å²) in [7, 11) is 3.14. The van der Waals surface area contributed by atoms with Crippen LogP contribution in [0.3, 0.4) is 0 Å². The van der Waals surface area contributed by atoms with Crippen LogP contribution in [0.15, 0.2) is 42.5 Å². The van der Waals surface area contributed by atoms with Crippen LogP contribution in [0, 0.1) is 5.82 Å². The van der Waals surface area contributed by atoms with Gasteiger partial charge in [0, 0.05) is 26.2 Å². The Kier molecular flexibility index (Phi) is 7.27. The summed E-state index contributed by atoms with van der Waals surface area (Å²) in [6.45, 7) is 2.23. The van der Waals surface area contributed by atoms with E-state index in [1.807, 2.05) is 17.0 Å². The summed E-state index contributed by atoms with van der Waals surface area (Å²) in [5, 5.41) is 0. The van der Waals surface area contributed by atoms with E-state index in [2.05, 4.69) is 0 Å². The molecular formula is C23H27FN2O4. The van der Waals surface area contributed by atoms with Crippen LogP contribution in [0.25, 0.3) is 0 Å². The molecule has 0 atom stereocenters. The Morgan fingerprint density at radius 3 is 1.90 bits per heavy atom. The van der Waals surface area contributed by atoms with Gasteiger partial charge in [-0.05, 0) is 41.8 Å². The molecule has 2 amide bonds. The number of carbonyl (C=O) groups is 2. The van der Waals surface area contributed by atoms with Gasteiger partial charge in [-0.25, -0.2) is 4.39 Å². The number of ether oxygens (including phenoxy) is 2. The third-order valence-electron chi connectivity index (χ3n) is 5.27. The summed E-state index contributed by atoms with van der Waals surface area (Å²) in [5.74, 6) is 0.922. The zero-order valence-corrected chi connectivity index (χ0v) is 17.4. The lowest BCUT2D eigenvalue weighted by Gasteiger charge is -2.22. The van der Waals surface area contributed by atoms with Crippen LogP contribution in [-0.2, 0) is 22.4 Å². The minimum absolute atomic E-state index is 0.00389. The predicted octanol–water partition coefficient (Wildman–Crippen LogP) is 2.69. The van der Waals surface area contributed by atoms with E-state index in [0.29, 0.717) is 37.7 Å². The molecule has 0 bridgehead atoms. The first-order chi connectivity index (χ1) is 14.5. The zero-order valence-electron chi connectivity index (χ0n) is 17.4. The van der Waals surface area contributed by atoms with E-state index in [1.54, 1.807) is 37.3 Å². The van der Waals surface area contributed by atoms with Gasteiger partial charge < -0.3 is 19.3 Å². The molecule has 0 N–H and O–H groups in total. The average Bonchev–Trinajstić information content (AvgIpc) is 3.01. The van der Waals surface area contributed by atoms with Crippen LogP contribution in [0.2, 0.25) is 0 Å². The maximum absolute atomic E-state index is 13.0. The van der Waals surface area contributed by atoms with E-state index in [4.69, 9.17) is 9.47 Å². The molecule has 30 heavy (non-hydrogen) atoms. The molecule has 160 valence electrons. The number of benzene rings is 2. The molecule has 1 aliphatic heterocycles. The number of hydrogen-bond acceptors (Lipinski definition) is 4. The molecule has 0 radical (unpaired) electrons. The molecule has 0 aliphatic carbocycles. The van der Waals surface area contributed by atoms with E-state index in [1.165, 1.54) is 12.1 Å². The largest absolute Gasteiger partial charge is 0.493 e. The smallest absolute Gasteiger partial charge is 0.227 e. The maximum atomic E-state index is 13.0. The summed E-state index contributed by atoms with van der Waals surface area (Å²) >= 11 is 0. The molecule has 0 saturated carbocycles. The lowest BCUT2D eigenvalue weighted by molar-refractivity contribution is -0.132. The Balaban J connectivity index is 1.55. The Morgan fingerprint density at radius 1 is 0.800 bits per heavy atom. The highest BCUT2D eigenvalue weighted by atomic mass is 19.1. The van der Waals surface area contributed by atoms with Crippen LogP contribution in [0.4, 0.5) is 4.39 Å². The minimum Gasteiger partial charge on any atom is -0.493 e. The van der Waals surface area contributed by atoms with Gasteiger partial charge in [0.15, 0.2) is 11.5 Å². The molecule has 7 heteroatoms. The van der Waals surface area contributed by atoms with Crippen molar-refractivity contribution in [1.29, 1.82) is 0 Å². The highest BCUT2D eigenvalue weighted by molar-refractivity contribution is 5.80. The number of rotatable bonds is 6. The first kappa shape index (κ1) is 21.6. The normalized spacial score (nSPS) is 14.2. The van der Waals surface area contributed by atoms with E-state index < -0.39 is 0 Å². The van der Waals surface area contributed by atoms with Gasteiger partial charge in [0.05, 0.1) is 27.1 Å². The first-order valence-corrected chi connectivity index (χ1v) is 10.0. The summed E-state index contributed by atoms with van der Waals surface area (Å²) in [6.07, 6.45) is 1.23. The van der Waals surface area contributed by atoms with E-state index in [9.17, 15) is 14.0 Å². The van der Waals surface area contributed by atoms with Gasteiger partial charge >= 0.3 is 0 Å². The molecule has 1 aliphatic rings. The third-order valence-corrected chi connectivity index (χ3v) is 5.27. The number of nitrogens with zero attached hydrogens (tertiary/aromatic N) is 2. The molecule has 0 aromatic heterocycles. The molecule has 1 fully saturated rings. The molecule has 1 saturated heterocycles. The van der Waals surface area contributed by atoms with Crippen LogP contribution in [0.1, 0.15) is 17.5 Å². The number of carbonyl (C=O) groups excluding carboxylic acids is 2. The van der Waals surface area contributed by atoms with Gasteiger partial charge in [-0.3, -0.25) is 9.59 Å². The molecule has 1 heterocycles. The summed E-state index contributed by atoms with van der Waals surface area (Å²) in [6, 6.07) is 11.4. The summed E-state index contributed by atoms with van der Waals surface area (Å²) < 4.78 is 23.6. The van der Waals surface area contributed by atoms with Crippen molar-refractivity contribution in [2.75, 3.05) is 40.4 Å². The summed E-state index contributed by atoms with van der Waals surface area (Å²) in [4.78, 5) is 29.0. The molecule has 6 nitrogen and oxygen atoms in total. The highest BCUT2D eigenvalue weighted by Gasteiger charge is 2.22. The maximum Gasteiger partial charge on any atom is 0.227 e. The Hall–Kier alpha value is -3.09. The second-order valence-electron chi connectivity index (χ2n) is 7.28. The number of amides is 2. The van der Waals surface area contributed by atoms with Crippen molar-refractivity contribution in [3.05, 3.63) is 59.4 Å². The van der Waals surface area contributed by atoms with Gasteiger partial charge in [0.1, 0.15) is 5.82 Å². The van der Waals surface area contributed by atoms with Crippen molar-refractivity contribution in [1.82, 2.24) is 9.80 Å². The highest BCUT2D eigenvalue weighted by Crippen LogP contribution is 2.28. The standard InChI is InChI=1S/C23H27FN2O4/c1-29-20-9-6-18(14-21(20)30-2)16-23(28)26-11-3-10-25(12-13-26)22(27)15-17-4-7-19(24)8-5-17/h4-9,14H,3,10-13,15-16H2,1-2H3. The van der Waals surface area contributed by atoms with Crippen molar-refractivity contribution in [2.24, 2.45) is 0 Å². The predicted molar refractivity (Wildman–Crippen MR) is 111 cm³/mol. The van der Waals surface area contributed by atoms with Crippen LogP contribution in [0.5, 0.6) is 11.5 Å². The minimum atomic E-state index is -0.315. The molecule has 2 aromatic rings. The van der Waals surface area contributed by atoms with Crippen molar-refractivity contribution in [3.8, 4) is 11.5 Å². The van der Waals surface area contributed by atoms with Crippen molar-refractivity contribution in [2.45, 2.75) is 19.3 Å². The Labute approximate surface area is 176 Å². The third kappa shape index (κ3) is 5.49. The quantitative estimate of drug-likeness (QED) is 0.729. The van der Waals surface area contributed by atoms with Gasteiger partial charge in [0.2, 0.25) is 11.8 Å². The van der Waals surface area contributed by atoms with E-state index in [-0.39, 0.29) is 30.5 Å². The fourth-order valence-corrected chi connectivity index (χ4v) is 3.58. The van der Waals surface area contributed by atoms with Gasteiger partial charge in [0.25, 0.3) is 0 Å². The van der Waals surface area contributed by atoms with Gasteiger partial charge in [-0.2, -0.15) is 0 Å².